The minimum Gasteiger partial charge on any atom is -0.508 e. The van der Waals surface area contributed by atoms with Gasteiger partial charge in [-0.25, -0.2) is 0 Å². The quantitative estimate of drug-likeness (QED) is 0.188. The van der Waals surface area contributed by atoms with Crippen LogP contribution < -0.4 is 0 Å². The molecule has 0 fully saturated rings. The van der Waals surface area contributed by atoms with E-state index in [9.17, 15) is 5.11 Å². The number of phenolic OH excluding ortho intramolecular Hbond substituents is 1. The van der Waals surface area contributed by atoms with E-state index in [4.69, 9.17) is 0 Å². The first kappa shape index (κ1) is 29.7. The number of benzene rings is 8. The summed E-state index contributed by atoms with van der Waals surface area (Å²) in [5.41, 5.74) is 16.1. The first-order valence-corrected chi connectivity index (χ1v) is 17.8. The number of hydrogen-bond acceptors (Lipinski definition) is 1. The zero-order valence-electron chi connectivity index (χ0n) is 28.7. The molecule has 1 N–H and O–H groups in total. The van der Waals surface area contributed by atoms with Crippen molar-refractivity contribution in [3.8, 4) is 39.1 Å². The number of rotatable bonds is 4. The van der Waals surface area contributed by atoms with Gasteiger partial charge in [0, 0.05) is 11.0 Å². The molecule has 0 radical (unpaired) electrons. The number of aryl methyl sites for hydroxylation is 1. The summed E-state index contributed by atoms with van der Waals surface area (Å²) in [7, 11) is 0. The second-order valence-corrected chi connectivity index (χ2v) is 14.3. The van der Waals surface area contributed by atoms with Crippen molar-refractivity contribution in [3.05, 3.63) is 220 Å². The zero-order chi connectivity index (χ0) is 34.3. The van der Waals surface area contributed by atoms with Crippen LogP contribution in [0, 0.1) is 6.92 Å². The van der Waals surface area contributed by atoms with Gasteiger partial charge in [0.15, 0.2) is 0 Å². The van der Waals surface area contributed by atoms with Gasteiger partial charge in [-0.05, 0) is 115 Å². The van der Waals surface area contributed by atoms with E-state index in [0.717, 1.165) is 22.3 Å². The Morgan fingerprint density at radius 3 is 1.92 bits per heavy atom. The third kappa shape index (κ3) is 3.98. The monoisotopic (exact) mass is 652 g/mol. The van der Waals surface area contributed by atoms with Crippen LogP contribution in [0.15, 0.2) is 176 Å². The molecular formula is C50H36O. The zero-order valence-corrected chi connectivity index (χ0v) is 28.7. The van der Waals surface area contributed by atoms with Crippen molar-refractivity contribution >= 4 is 10.8 Å². The van der Waals surface area contributed by atoms with Crippen LogP contribution in [-0.4, -0.2) is 5.11 Å². The molecule has 0 aliphatic heterocycles. The Bertz CT molecular complexity index is 2680. The Kier molecular flexibility index (Phi) is 6.36. The summed E-state index contributed by atoms with van der Waals surface area (Å²) >= 11 is 0. The molecule has 1 heteroatoms. The van der Waals surface area contributed by atoms with E-state index < -0.39 is 10.8 Å². The van der Waals surface area contributed by atoms with E-state index in [2.05, 4.69) is 184 Å². The fourth-order valence-electron chi connectivity index (χ4n) is 9.56. The van der Waals surface area contributed by atoms with Gasteiger partial charge >= 0.3 is 0 Å². The average Bonchev–Trinajstić information content (AvgIpc) is 3.65. The highest BCUT2D eigenvalue weighted by atomic mass is 16.3. The lowest BCUT2D eigenvalue weighted by atomic mass is 9.68. The van der Waals surface area contributed by atoms with E-state index in [0.29, 0.717) is 5.75 Å². The van der Waals surface area contributed by atoms with Crippen molar-refractivity contribution in [1.29, 1.82) is 0 Å². The first-order chi connectivity index (χ1) is 25.0. The van der Waals surface area contributed by atoms with Gasteiger partial charge in [-0.2, -0.15) is 0 Å². The molecule has 8 aromatic carbocycles. The van der Waals surface area contributed by atoms with Crippen LogP contribution in [0.1, 0.15) is 51.4 Å². The maximum Gasteiger partial charge on any atom is 0.120 e. The minimum absolute atomic E-state index is 0.295. The summed E-state index contributed by atoms with van der Waals surface area (Å²) in [4.78, 5) is 0. The van der Waals surface area contributed by atoms with E-state index in [1.807, 2.05) is 6.07 Å². The Hall–Kier alpha value is -6.18. The molecule has 0 aromatic heterocycles. The lowest BCUT2D eigenvalue weighted by molar-refractivity contribution is 0.457. The number of phenols is 1. The molecule has 0 amide bonds. The summed E-state index contributed by atoms with van der Waals surface area (Å²) in [5.74, 6) is 0.295. The van der Waals surface area contributed by atoms with Crippen molar-refractivity contribution in [2.75, 3.05) is 0 Å². The summed E-state index contributed by atoms with van der Waals surface area (Å²) in [5, 5.41) is 14.2. The van der Waals surface area contributed by atoms with Crippen LogP contribution in [0.3, 0.4) is 0 Å². The highest BCUT2D eigenvalue weighted by Gasteiger charge is 2.52. The average molecular weight is 653 g/mol. The molecule has 51 heavy (non-hydrogen) atoms. The van der Waals surface area contributed by atoms with Crippen LogP contribution in [0.2, 0.25) is 0 Å². The lowest BCUT2D eigenvalue weighted by Crippen LogP contribution is -2.26. The largest absolute Gasteiger partial charge is 0.508 e. The van der Waals surface area contributed by atoms with Gasteiger partial charge in [-0.3, -0.25) is 0 Å². The maximum atomic E-state index is 11.7. The molecule has 0 saturated heterocycles. The van der Waals surface area contributed by atoms with Crippen molar-refractivity contribution in [3.63, 3.8) is 0 Å². The Morgan fingerprint density at radius 2 is 1.10 bits per heavy atom. The molecule has 10 rings (SSSR count). The second-order valence-electron chi connectivity index (χ2n) is 14.3. The molecule has 8 aromatic rings. The molecule has 2 atom stereocenters. The molecule has 242 valence electrons. The Labute approximate surface area is 299 Å². The van der Waals surface area contributed by atoms with Crippen molar-refractivity contribution in [2.24, 2.45) is 0 Å². The minimum atomic E-state index is -0.578. The van der Waals surface area contributed by atoms with E-state index >= 15 is 0 Å². The van der Waals surface area contributed by atoms with E-state index in [1.54, 1.807) is 0 Å². The molecule has 0 heterocycles. The molecule has 2 aliphatic carbocycles. The van der Waals surface area contributed by atoms with Crippen molar-refractivity contribution < 1.29 is 5.11 Å². The van der Waals surface area contributed by atoms with Gasteiger partial charge in [0.05, 0.1) is 5.41 Å². The molecule has 1 nitrogen and oxygen atoms in total. The van der Waals surface area contributed by atoms with Gasteiger partial charge in [-0.1, -0.05) is 158 Å². The van der Waals surface area contributed by atoms with Gasteiger partial charge in [0.1, 0.15) is 5.75 Å². The van der Waals surface area contributed by atoms with Crippen LogP contribution in [0.4, 0.5) is 0 Å². The third-order valence-electron chi connectivity index (χ3n) is 11.9. The topological polar surface area (TPSA) is 20.2 Å². The number of fused-ring (bicyclic) bond motifs is 12. The fraction of sp³-hybridized carbons (Fsp3) is 0.0800. The lowest BCUT2D eigenvalue weighted by Gasteiger charge is -2.34. The third-order valence-corrected chi connectivity index (χ3v) is 11.9. The van der Waals surface area contributed by atoms with Crippen LogP contribution in [0.25, 0.3) is 44.2 Å². The van der Waals surface area contributed by atoms with Crippen LogP contribution in [-0.2, 0) is 10.8 Å². The smallest absolute Gasteiger partial charge is 0.120 e. The first-order valence-electron chi connectivity index (χ1n) is 17.8. The van der Waals surface area contributed by atoms with Crippen LogP contribution >= 0.6 is 0 Å². The molecular weight excluding hydrogens is 617 g/mol. The molecule has 2 aliphatic rings. The highest BCUT2D eigenvalue weighted by Crippen LogP contribution is 2.64. The molecule has 0 saturated carbocycles. The predicted octanol–water partition coefficient (Wildman–Crippen LogP) is 12.2. The van der Waals surface area contributed by atoms with Gasteiger partial charge in [0.2, 0.25) is 0 Å². The predicted molar refractivity (Wildman–Crippen MR) is 211 cm³/mol. The standard InChI is InChI=1S/C50H36O/c1-32-14-6-11-21-41(32)49(2,36-16-4-3-5-17-36)46-31-35(26-29-47(46)51)34-24-27-39-38-19-9-12-22-42(38)50(45(39)30-34)43-23-13-10-20-40(43)48-37-18-8-7-15-33(37)25-28-44(48)50/h3-31,51H,1-2H3. The highest BCUT2D eigenvalue weighted by molar-refractivity contribution is 6.06. The summed E-state index contributed by atoms with van der Waals surface area (Å²) in [6.07, 6.45) is 0. The number of hydrogen-bond donors (Lipinski definition) is 1. The molecule has 0 bridgehead atoms. The fourth-order valence-corrected chi connectivity index (χ4v) is 9.56. The second kappa shape index (κ2) is 10.9. The van der Waals surface area contributed by atoms with E-state index in [1.165, 1.54) is 66.4 Å². The molecule has 1 spiro atoms. The Morgan fingerprint density at radius 1 is 0.471 bits per heavy atom. The molecule has 2 unspecified atom stereocenters. The maximum absolute atomic E-state index is 11.7. The van der Waals surface area contributed by atoms with E-state index in [-0.39, 0.29) is 0 Å². The SMILES string of the molecule is Cc1ccccc1C(C)(c1ccccc1)c1cc(-c2ccc3c(c2)C2(c4ccccc4-3)c3ccccc3-c3c2ccc2ccccc32)ccc1O. The van der Waals surface area contributed by atoms with Crippen molar-refractivity contribution in [1.82, 2.24) is 0 Å². The number of aromatic hydroxyl groups is 1. The summed E-state index contributed by atoms with van der Waals surface area (Å²) in [6.45, 7) is 4.41. The van der Waals surface area contributed by atoms with Crippen LogP contribution in [0.5, 0.6) is 5.75 Å². The van der Waals surface area contributed by atoms with Gasteiger partial charge < -0.3 is 5.11 Å². The van der Waals surface area contributed by atoms with Gasteiger partial charge in [0.25, 0.3) is 0 Å². The van der Waals surface area contributed by atoms with Gasteiger partial charge in [-0.15, -0.1) is 0 Å². The summed E-state index contributed by atoms with van der Waals surface area (Å²) < 4.78 is 0. The normalized spacial score (nSPS) is 16.4. The van der Waals surface area contributed by atoms with Crippen molar-refractivity contribution in [2.45, 2.75) is 24.7 Å². The summed E-state index contributed by atoms with van der Waals surface area (Å²) in [6, 6.07) is 63.8. The Balaban J connectivity index is 1.23.